The Balaban J connectivity index is 0.000000196. The van der Waals surface area contributed by atoms with Gasteiger partial charge in [-0.15, -0.1) is 0 Å². The van der Waals surface area contributed by atoms with E-state index in [0.29, 0.717) is 28.5 Å². The molecule has 0 saturated heterocycles. The molecule has 3 rings (SSSR count). The van der Waals surface area contributed by atoms with Gasteiger partial charge in [-0.3, -0.25) is 0 Å². The molecule has 0 aliphatic rings. The third-order valence-corrected chi connectivity index (χ3v) is 3.25. The number of nitrogens with zero attached hydrogens (tertiary/aromatic N) is 3. The van der Waals surface area contributed by atoms with Crippen LogP contribution in [-0.2, 0) is 0 Å². The summed E-state index contributed by atoms with van der Waals surface area (Å²) in [6.45, 7) is 4.10. The average molecular weight is 333 g/mol. The summed E-state index contributed by atoms with van der Waals surface area (Å²) in [6, 6.07) is 14.6. The number of fused-ring (bicyclic) bond motifs is 1. The van der Waals surface area contributed by atoms with Crippen molar-refractivity contribution in [3.63, 3.8) is 0 Å². The molecule has 0 unspecified atom stereocenters. The van der Waals surface area contributed by atoms with Crippen molar-refractivity contribution in [2.24, 2.45) is 0 Å². The molecule has 2 aromatic carbocycles. The topological polar surface area (TPSA) is 140 Å². The normalized spacial score (nSPS) is 9.80. The van der Waals surface area contributed by atoms with Crippen LogP contribution >= 0.6 is 0 Å². The van der Waals surface area contributed by atoms with E-state index < -0.39 is 0 Å². The standard InChI is InChI=1S/C11H12N4.C7H7N3/c1-7(2)13-11-14-9-4-3-8(6-12)5-10(9)15-11;8-4-5-1-2-6(9)7(10)3-5/h3-5,7H,1-2H3,(H2,13,14,15);1-3H,9-10H2. The molecule has 0 spiro atoms. The lowest BCUT2D eigenvalue weighted by Gasteiger charge is -2.04. The van der Waals surface area contributed by atoms with E-state index in [9.17, 15) is 0 Å². The van der Waals surface area contributed by atoms with Gasteiger partial charge >= 0.3 is 0 Å². The van der Waals surface area contributed by atoms with E-state index in [0.717, 1.165) is 17.0 Å². The van der Waals surface area contributed by atoms with Crippen LogP contribution in [0.1, 0.15) is 25.0 Å². The van der Waals surface area contributed by atoms with Gasteiger partial charge in [0, 0.05) is 6.04 Å². The molecular formula is C18H19N7. The van der Waals surface area contributed by atoms with Gasteiger partial charge in [0.25, 0.3) is 0 Å². The first kappa shape index (κ1) is 17.6. The van der Waals surface area contributed by atoms with Crippen molar-refractivity contribution in [2.45, 2.75) is 19.9 Å². The van der Waals surface area contributed by atoms with Crippen molar-refractivity contribution in [3.05, 3.63) is 47.5 Å². The van der Waals surface area contributed by atoms with Crippen molar-refractivity contribution in [2.75, 3.05) is 16.8 Å². The van der Waals surface area contributed by atoms with Crippen LogP contribution < -0.4 is 16.8 Å². The summed E-state index contributed by atoms with van der Waals surface area (Å²) in [7, 11) is 0. The Hall–Kier alpha value is -3.71. The fraction of sp³-hybridized carbons (Fsp3) is 0.167. The molecule has 0 bridgehead atoms. The number of hydrogen-bond acceptors (Lipinski definition) is 6. The molecule has 1 heterocycles. The minimum atomic E-state index is 0.334. The van der Waals surface area contributed by atoms with E-state index in [2.05, 4.69) is 21.4 Å². The van der Waals surface area contributed by atoms with Crippen molar-refractivity contribution >= 4 is 28.4 Å². The number of imidazole rings is 1. The Bertz CT molecular complexity index is 958. The molecular weight excluding hydrogens is 314 g/mol. The van der Waals surface area contributed by atoms with Crippen molar-refractivity contribution in [1.82, 2.24) is 9.97 Å². The molecule has 1 aromatic heterocycles. The SMILES string of the molecule is CC(C)Nc1nc2cc(C#N)ccc2[nH]1.N#Cc1ccc(N)c(N)c1. The first-order valence-corrected chi connectivity index (χ1v) is 7.64. The van der Waals surface area contributed by atoms with Gasteiger partial charge in [0.15, 0.2) is 0 Å². The summed E-state index contributed by atoms with van der Waals surface area (Å²) in [4.78, 5) is 7.49. The summed E-state index contributed by atoms with van der Waals surface area (Å²) >= 11 is 0. The van der Waals surface area contributed by atoms with Crippen molar-refractivity contribution in [1.29, 1.82) is 10.5 Å². The predicted octanol–water partition coefficient (Wildman–Crippen LogP) is 2.98. The van der Waals surface area contributed by atoms with Crippen LogP contribution in [0.2, 0.25) is 0 Å². The average Bonchev–Trinajstić information content (AvgIpc) is 2.98. The van der Waals surface area contributed by atoms with Crippen LogP contribution in [0.4, 0.5) is 17.3 Å². The minimum Gasteiger partial charge on any atom is -0.397 e. The Morgan fingerprint density at radius 2 is 1.64 bits per heavy atom. The molecule has 0 atom stereocenters. The number of rotatable bonds is 2. The number of nitrogens with one attached hydrogen (secondary N) is 2. The maximum absolute atomic E-state index is 8.75. The molecule has 0 amide bonds. The summed E-state index contributed by atoms with van der Waals surface area (Å²) in [5.41, 5.74) is 14.7. The van der Waals surface area contributed by atoms with Gasteiger partial charge in [-0.2, -0.15) is 10.5 Å². The van der Waals surface area contributed by atoms with Crippen LogP contribution in [0.15, 0.2) is 36.4 Å². The van der Waals surface area contributed by atoms with E-state index in [1.165, 1.54) is 0 Å². The first-order chi connectivity index (χ1) is 11.9. The fourth-order valence-electron chi connectivity index (χ4n) is 2.06. The van der Waals surface area contributed by atoms with Crippen LogP contribution in [0.25, 0.3) is 11.0 Å². The highest BCUT2D eigenvalue weighted by Gasteiger charge is 2.04. The molecule has 0 fully saturated rings. The zero-order valence-corrected chi connectivity index (χ0v) is 14.0. The monoisotopic (exact) mass is 333 g/mol. The number of hydrogen-bond donors (Lipinski definition) is 4. The fourth-order valence-corrected chi connectivity index (χ4v) is 2.06. The van der Waals surface area contributed by atoms with E-state index in [4.69, 9.17) is 22.0 Å². The number of aromatic nitrogens is 2. The Morgan fingerprint density at radius 3 is 2.24 bits per heavy atom. The quantitative estimate of drug-likeness (QED) is 0.531. The van der Waals surface area contributed by atoms with Gasteiger partial charge in [-0.05, 0) is 50.2 Å². The van der Waals surface area contributed by atoms with Gasteiger partial charge < -0.3 is 21.8 Å². The Kier molecular flexibility index (Phi) is 5.44. The highest BCUT2D eigenvalue weighted by Crippen LogP contribution is 2.16. The number of nitrogens with two attached hydrogens (primary N) is 2. The summed E-state index contributed by atoms with van der Waals surface area (Å²) in [6.07, 6.45) is 0. The maximum atomic E-state index is 8.75. The van der Waals surface area contributed by atoms with Gasteiger partial charge in [-0.1, -0.05) is 0 Å². The number of H-pyrrole nitrogens is 1. The number of nitriles is 2. The van der Waals surface area contributed by atoms with Crippen LogP contribution in [0, 0.1) is 22.7 Å². The summed E-state index contributed by atoms with van der Waals surface area (Å²) in [5.74, 6) is 0.745. The zero-order valence-electron chi connectivity index (χ0n) is 14.0. The third-order valence-electron chi connectivity index (χ3n) is 3.25. The van der Waals surface area contributed by atoms with Crippen molar-refractivity contribution < 1.29 is 0 Å². The van der Waals surface area contributed by atoms with E-state index >= 15 is 0 Å². The summed E-state index contributed by atoms with van der Waals surface area (Å²) in [5, 5.41) is 20.3. The smallest absolute Gasteiger partial charge is 0.201 e. The van der Waals surface area contributed by atoms with Gasteiger partial charge in [-0.25, -0.2) is 4.98 Å². The predicted molar refractivity (Wildman–Crippen MR) is 99.5 cm³/mol. The van der Waals surface area contributed by atoms with Crippen LogP contribution in [-0.4, -0.2) is 16.0 Å². The highest BCUT2D eigenvalue weighted by molar-refractivity contribution is 5.79. The van der Waals surface area contributed by atoms with Gasteiger partial charge in [0.05, 0.1) is 45.7 Å². The largest absolute Gasteiger partial charge is 0.397 e. The second-order valence-electron chi connectivity index (χ2n) is 5.68. The molecule has 126 valence electrons. The van der Waals surface area contributed by atoms with Gasteiger partial charge in [0.2, 0.25) is 5.95 Å². The lowest BCUT2D eigenvalue weighted by Crippen LogP contribution is -2.10. The number of benzene rings is 2. The Labute approximate surface area is 145 Å². The lowest BCUT2D eigenvalue weighted by atomic mass is 10.2. The molecule has 25 heavy (non-hydrogen) atoms. The Morgan fingerprint density at radius 1 is 1.00 bits per heavy atom. The van der Waals surface area contributed by atoms with E-state index in [1.54, 1.807) is 30.3 Å². The van der Waals surface area contributed by atoms with E-state index in [1.807, 2.05) is 26.0 Å². The van der Waals surface area contributed by atoms with Gasteiger partial charge in [0.1, 0.15) is 0 Å². The van der Waals surface area contributed by atoms with E-state index in [-0.39, 0.29) is 0 Å². The number of anilines is 3. The second kappa shape index (κ2) is 7.71. The molecule has 0 saturated carbocycles. The van der Waals surface area contributed by atoms with Crippen molar-refractivity contribution in [3.8, 4) is 12.1 Å². The molecule has 7 heteroatoms. The van der Waals surface area contributed by atoms with Crippen LogP contribution in [0.5, 0.6) is 0 Å². The first-order valence-electron chi connectivity index (χ1n) is 7.64. The molecule has 0 aliphatic heterocycles. The molecule has 3 aromatic rings. The van der Waals surface area contributed by atoms with Crippen LogP contribution in [0.3, 0.4) is 0 Å². The molecule has 0 radical (unpaired) electrons. The maximum Gasteiger partial charge on any atom is 0.201 e. The molecule has 6 N–H and O–H groups in total. The zero-order chi connectivity index (χ0) is 18.4. The minimum absolute atomic E-state index is 0.334. The third kappa shape index (κ3) is 4.63. The molecule has 7 nitrogen and oxygen atoms in total. The number of nitrogen functional groups attached to an aromatic ring is 2. The lowest BCUT2D eigenvalue weighted by molar-refractivity contribution is 0.883. The summed E-state index contributed by atoms with van der Waals surface area (Å²) < 4.78 is 0. The number of aromatic amines is 1. The second-order valence-corrected chi connectivity index (χ2v) is 5.68. The molecule has 0 aliphatic carbocycles. The highest BCUT2D eigenvalue weighted by atomic mass is 15.1.